The molecule has 8 heteroatoms. The molecule has 1 heterocycles. The lowest BCUT2D eigenvalue weighted by atomic mass is 9.78. The fourth-order valence-electron chi connectivity index (χ4n) is 4.61. The van der Waals surface area contributed by atoms with E-state index in [4.69, 9.17) is 9.72 Å². The number of nitrogens with one attached hydrogen (secondary N) is 1. The second-order valence-electron chi connectivity index (χ2n) is 9.15. The van der Waals surface area contributed by atoms with Gasteiger partial charge in [0.1, 0.15) is 11.6 Å². The molecule has 37 heavy (non-hydrogen) atoms. The first-order valence-electron chi connectivity index (χ1n) is 11.6. The molecule has 2 N–H and O–H groups in total. The molecule has 1 amide bonds. The predicted molar refractivity (Wildman–Crippen MR) is 145 cm³/mol. The van der Waals surface area contributed by atoms with Gasteiger partial charge in [0.2, 0.25) is 0 Å². The number of methoxy groups -OCH3 is 1. The number of ether oxygens (including phenoxy) is 1. The molecule has 4 rings (SSSR count). The van der Waals surface area contributed by atoms with Crippen molar-refractivity contribution in [3.05, 3.63) is 93.7 Å². The van der Waals surface area contributed by atoms with Crippen LogP contribution in [0.25, 0.3) is 22.2 Å². The molecule has 0 bridgehead atoms. The summed E-state index contributed by atoms with van der Waals surface area (Å²) in [5, 5.41) is 13.3. The van der Waals surface area contributed by atoms with E-state index in [1.165, 1.54) is 25.3 Å². The second kappa shape index (κ2) is 10.7. The Morgan fingerprint density at radius 1 is 1.11 bits per heavy atom. The van der Waals surface area contributed by atoms with E-state index in [0.717, 1.165) is 10.0 Å². The lowest BCUT2D eigenvalue weighted by Crippen LogP contribution is -2.40. The van der Waals surface area contributed by atoms with Crippen molar-refractivity contribution in [3.63, 3.8) is 0 Å². The summed E-state index contributed by atoms with van der Waals surface area (Å²) >= 11 is 3.48. The zero-order valence-electron chi connectivity index (χ0n) is 20.6. The normalized spacial score (nSPS) is 12.7. The van der Waals surface area contributed by atoms with E-state index in [0.29, 0.717) is 33.3 Å². The number of hydrogen-bond donors (Lipinski definition) is 2. The number of aromatic nitrogens is 1. The topological polar surface area (TPSA) is 88.5 Å². The number of halogens is 2. The van der Waals surface area contributed by atoms with Gasteiger partial charge in [-0.05, 0) is 36.8 Å². The van der Waals surface area contributed by atoms with Crippen molar-refractivity contribution in [2.45, 2.75) is 25.7 Å². The molecule has 0 aliphatic heterocycles. The van der Waals surface area contributed by atoms with Crippen LogP contribution in [0.1, 0.15) is 34.8 Å². The number of amides is 1. The van der Waals surface area contributed by atoms with Crippen LogP contribution in [0.4, 0.5) is 4.39 Å². The van der Waals surface area contributed by atoms with Crippen LogP contribution in [-0.4, -0.2) is 35.6 Å². The quantitative estimate of drug-likeness (QED) is 0.263. The minimum Gasteiger partial charge on any atom is -0.496 e. The summed E-state index contributed by atoms with van der Waals surface area (Å²) in [5.41, 5.74) is 2.80. The molecule has 0 radical (unpaired) electrons. The molecule has 0 unspecified atom stereocenters. The van der Waals surface area contributed by atoms with E-state index >= 15 is 0 Å². The van der Waals surface area contributed by atoms with Gasteiger partial charge in [0.05, 0.1) is 30.3 Å². The molecule has 6 nitrogen and oxygen atoms in total. The summed E-state index contributed by atoms with van der Waals surface area (Å²) in [6.45, 7) is 3.54. The number of benzene rings is 3. The number of carboxylic acids is 1. The minimum atomic E-state index is -1.07. The number of pyridine rings is 1. The van der Waals surface area contributed by atoms with E-state index in [2.05, 4.69) is 21.2 Å². The summed E-state index contributed by atoms with van der Waals surface area (Å²) in [7, 11) is 1.40. The molecular weight excluding hydrogens is 539 g/mol. The van der Waals surface area contributed by atoms with Gasteiger partial charge in [-0.3, -0.25) is 9.59 Å². The second-order valence-corrected chi connectivity index (χ2v) is 10.1. The molecular formula is C29H26BrFN2O4. The molecule has 0 saturated carbocycles. The maximum Gasteiger partial charge on any atom is 0.304 e. The third kappa shape index (κ3) is 5.49. The van der Waals surface area contributed by atoms with Crippen molar-refractivity contribution in [1.29, 1.82) is 0 Å². The standard InChI is InChI=1S/C29H26BrFN2O4/c1-17-26(21-13-19(30)9-12-23(21)33-27(17)18-7-5-4-6-8-18)28(36)32-16-29(2,15-25(34)35)22-11-10-20(31)14-24(22)37-3/h4-14H,15-16H2,1-3H3,(H,32,36)(H,34,35)/t29-/m1/s1. The van der Waals surface area contributed by atoms with Gasteiger partial charge in [-0.1, -0.05) is 59.3 Å². The third-order valence-electron chi connectivity index (χ3n) is 6.46. The van der Waals surface area contributed by atoms with Crippen LogP contribution >= 0.6 is 15.9 Å². The van der Waals surface area contributed by atoms with Crippen molar-refractivity contribution >= 4 is 38.7 Å². The molecule has 0 aliphatic rings. The first-order valence-corrected chi connectivity index (χ1v) is 12.4. The van der Waals surface area contributed by atoms with E-state index in [1.807, 2.05) is 55.5 Å². The molecule has 0 spiro atoms. The van der Waals surface area contributed by atoms with Crippen LogP contribution in [0.15, 0.2) is 71.2 Å². The minimum absolute atomic E-state index is 0.0158. The number of fused-ring (bicyclic) bond motifs is 1. The highest BCUT2D eigenvalue weighted by Gasteiger charge is 2.34. The molecule has 0 aliphatic carbocycles. The summed E-state index contributed by atoms with van der Waals surface area (Å²) in [5.74, 6) is -1.69. The first-order chi connectivity index (χ1) is 17.6. The SMILES string of the molecule is COc1cc(F)ccc1[C@@](C)(CNC(=O)c1c(C)c(-c2ccccc2)nc2ccc(Br)cc12)CC(=O)O. The number of aliphatic carboxylic acids is 1. The first kappa shape index (κ1) is 26.3. The van der Waals surface area contributed by atoms with Crippen LogP contribution in [0.2, 0.25) is 0 Å². The Morgan fingerprint density at radius 3 is 2.51 bits per heavy atom. The zero-order chi connectivity index (χ0) is 26.7. The van der Waals surface area contributed by atoms with E-state index < -0.39 is 17.2 Å². The molecule has 1 aromatic heterocycles. The van der Waals surface area contributed by atoms with Crippen molar-refractivity contribution < 1.29 is 23.8 Å². The van der Waals surface area contributed by atoms with Gasteiger partial charge in [-0.25, -0.2) is 9.37 Å². The molecule has 0 saturated heterocycles. The third-order valence-corrected chi connectivity index (χ3v) is 6.95. The Labute approximate surface area is 222 Å². The van der Waals surface area contributed by atoms with Crippen molar-refractivity contribution in [2.24, 2.45) is 0 Å². The summed E-state index contributed by atoms with van der Waals surface area (Å²) in [6, 6.07) is 19.1. The van der Waals surface area contributed by atoms with E-state index in [-0.39, 0.29) is 24.6 Å². The summed E-state index contributed by atoms with van der Waals surface area (Å²) in [4.78, 5) is 30.4. The van der Waals surface area contributed by atoms with E-state index in [9.17, 15) is 19.1 Å². The van der Waals surface area contributed by atoms with Gasteiger partial charge >= 0.3 is 5.97 Å². The van der Waals surface area contributed by atoms with Gasteiger partial charge in [-0.2, -0.15) is 0 Å². The fourth-order valence-corrected chi connectivity index (χ4v) is 4.98. The molecule has 0 fully saturated rings. The number of carbonyl (C=O) groups excluding carboxylic acids is 1. The maximum atomic E-state index is 13.8. The Hall–Kier alpha value is -3.78. The lowest BCUT2D eigenvalue weighted by Gasteiger charge is -2.30. The van der Waals surface area contributed by atoms with E-state index in [1.54, 1.807) is 6.92 Å². The highest BCUT2D eigenvalue weighted by Crippen LogP contribution is 2.36. The summed E-state index contributed by atoms with van der Waals surface area (Å²) in [6.07, 6.45) is -0.299. The van der Waals surface area contributed by atoms with Gasteiger partial charge < -0.3 is 15.2 Å². The highest BCUT2D eigenvalue weighted by atomic mass is 79.9. The Bertz CT molecular complexity index is 1490. The summed E-state index contributed by atoms with van der Waals surface area (Å²) < 4.78 is 20.0. The largest absolute Gasteiger partial charge is 0.496 e. The Balaban J connectivity index is 1.78. The molecule has 4 aromatic rings. The number of rotatable bonds is 8. The van der Waals surface area contributed by atoms with Crippen LogP contribution in [0.5, 0.6) is 5.75 Å². The molecule has 190 valence electrons. The van der Waals surface area contributed by atoms with Crippen LogP contribution in [0.3, 0.4) is 0 Å². The van der Waals surface area contributed by atoms with Gasteiger partial charge in [0.15, 0.2) is 0 Å². The van der Waals surface area contributed by atoms with Gasteiger partial charge in [-0.15, -0.1) is 0 Å². The van der Waals surface area contributed by atoms with Crippen molar-refractivity contribution in [3.8, 4) is 17.0 Å². The van der Waals surface area contributed by atoms with Gasteiger partial charge in [0, 0.05) is 39.0 Å². The van der Waals surface area contributed by atoms with Crippen LogP contribution < -0.4 is 10.1 Å². The van der Waals surface area contributed by atoms with Crippen molar-refractivity contribution in [2.75, 3.05) is 13.7 Å². The van der Waals surface area contributed by atoms with Gasteiger partial charge in [0.25, 0.3) is 5.91 Å². The lowest BCUT2D eigenvalue weighted by molar-refractivity contribution is -0.138. The van der Waals surface area contributed by atoms with Crippen LogP contribution in [0, 0.1) is 12.7 Å². The van der Waals surface area contributed by atoms with Crippen LogP contribution in [-0.2, 0) is 10.2 Å². The number of hydrogen-bond acceptors (Lipinski definition) is 4. The monoisotopic (exact) mass is 564 g/mol. The molecule has 1 atom stereocenters. The van der Waals surface area contributed by atoms with Crippen molar-refractivity contribution in [1.82, 2.24) is 10.3 Å². The zero-order valence-corrected chi connectivity index (χ0v) is 22.2. The Morgan fingerprint density at radius 2 is 1.84 bits per heavy atom. The average Bonchev–Trinajstić information content (AvgIpc) is 2.87. The fraction of sp³-hybridized carbons (Fsp3) is 0.207. The number of nitrogens with zero attached hydrogens (tertiary/aromatic N) is 1. The smallest absolute Gasteiger partial charge is 0.304 e. The maximum absolute atomic E-state index is 13.8. The Kier molecular flexibility index (Phi) is 7.59. The number of carboxylic acid groups (broad SMARTS) is 1. The number of carbonyl (C=O) groups is 2. The average molecular weight is 565 g/mol. The highest BCUT2D eigenvalue weighted by molar-refractivity contribution is 9.10. The molecule has 3 aromatic carbocycles. The predicted octanol–water partition coefficient (Wildman–Crippen LogP) is 6.28.